The molecular formula is C19H22ClN3O2. The summed E-state index contributed by atoms with van der Waals surface area (Å²) in [6, 6.07) is 13.7. The van der Waals surface area contributed by atoms with E-state index in [4.69, 9.17) is 16.3 Å². The van der Waals surface area contributed by atoms with E-state index < -0.39 is 0 Å². The van der Waals surface area contributed by atoms with Gasteiger partial charge in [0.2, 0.25) is 0 Å². The second kappa shape index (κ2) is 7.87. The fourth-order valence-electron chi connectivity index (χ4n) is 3.01. The summed E-state index contributed by atoms with van der Waals surface area (Å²) in [6.07, 6.45) is 0. The van der Waals surface area contributed by atoms with Crippen molar-refractivity contribution in [3.63, 3.8) is 0 Å². The van der Waals surface area contributed by atoms with Crippen molar-refractivity contribution in [2.24, 2.45) is 0 Å². The predicted octanol–water partition coefficient (Wildman–Crippen LogP) is 3.54. The first-order valence-electron chi connectivity index (χ1n) is 8.26. The van der Waals surface area contributed by atoms with Gasteiger partial charge in [-0.2, -0.15) is 0 Å². The Balaban J connectivity index is 1.84. The molecule has 1 unspecified atom stereocenters. The summed E-state index contributed by atoms with van der Waals surface area (Å²) in [7, 11) is 1.68. The number of nitrogens with zero attached hydrogens (tertiary/aromatic N) is 2. The molecule has 5 nitrogen and oxygen atoms in total. The van der Waals surface area contributed by atoms with E-state index in [1.165, 1.54) is 0 Å². The van der Waals surface area contributed by atoms with Crippen LogP contribution in [0.2, 0.25) is 5.02 Å². The molecule has 0 fully saturated rings. The molecule has 0 aliphatic heterocycles. The maximum absolute atomic E-state index is 9.40. The zero-order valence-corrected chi connectivity index (χ0v) is 15.1. The molecule has 0 bridgehead atoms. The van der Waals surface area contributed by atoms with Crippen molar-refractivity contribution in [1.82, 2.24) is 14.9 Å². The summed E-state index contributed by atoms with van der Waals surface area (Å²) in [6.45, 7) is 3.20. The molecule has 1 aromatic heterocycles. The summed E-state index contributed by atoms with van der Waals surface area (Å²) in [5, 5.41) is 13.5. The molecule has 3 rings (SSSR count). The number of benzene rings is 2. The number of aliphatic hydroxyl groups excluding tert-OH is 1. The van der Waals surface area contributed by atoms with Gasteiger partial charge in [0.15, 0.2) is 0 Å². The lowest BCUT2D eigenvalue weighted by molar-refractivity contribution is 0.275. The SMILES string of the molecule is COc1ccccc1C(C)NCc1nc2ccc(Cl)cc2n1CCO. The van der Waals surface area contributed by atoms with Crippen LogP contribution in [0.15, 0.2) is 42.5 Å². The molecule has 1 heterocycles. The van der Waals surface area contributed by atoms with Gasteiger partial charge in [0, 0.05) is 23.2 Å². The lowest BCUT2D eigenvalue weighted by atomic mass is 10.1. The zero-order valence-electron chi connectivity index (χ0n) is 14.4. The smallest absolute Gasteiger partial charge is 0.123 e. The maximum Gasteiger partial charge on any atom is 0.123 e. The van der Waals surface area contributed by atoms with E-state index in [1.54, 1.807) is 7.11 Å². The first-order valence-corrected chi connectivity index (χ1v) is 8.63. The minimum Gasteiger partial charge on any atom is -0.496 e. The molecular weight excluding hydrogens is 338 g/mol. The van der Waals surface area contributed by atoms with Crippen molar-refractivity contribution in [3.05, 3.63) is 58.9 Å². The number of imidazole rings is 1. The van der Waals surface area contributed by atoms with E-state index >= 15 is 0 Å². The average Bonchev–Trinajstić information content (AvgIpc) is 2.97. The second-order valence-electron chi connectivity index (χ2n) is 5.88. The highest BCUT2D eigenvalue weighted by atomic mass is 35.5. The lowest BCUT2D eigenvalue weighted by Crippen LogP contribution is -2.21. The molecule has 3 aromatic rings. The number of hydrogen-bond donors (Lipinski definition) is 2. The molecule has 1 atom stereocenters. The lowest BCUT2D eigenvalue weighted by Gasteiger charge is -2.17. The summed E-state index contributed by atoms with van der Waals surface area (Å²) >= 11 is 6.11. The van der Waals surface area contributed by atoms with Crippen molar-refractivity contribution < 1.29 is 9.84 Å². The molecule has 132 valence electrons. The van der Waals surface area contributed by atoms with Gasteiger partial charge < -0.3 is 19.7 Å². The highest BCUT2D eigenvalue weighted by molar-refractivity contribution is 6.31. The van der Waals surface area contributed by atoms with Crippen LogP contribution in [-0.4, -0.2) is 28.4 Å². The molecule has 0 aliphatic carbocycles. The monoisotopic (exact) mass is 359 g/mol. The van der Waals surface area contributed by atoms with Gasteiger partial charge in [-0.25, -0.2) is 4.98 Å². The van der Waals surface area contributed by atoms with Crippen LogP contribution in [0.3, 0.4) is 0 Å². The number of para-hydroxylation sites is 1. The zero-order chi connectivity index (χ0) is 17.8. The van der Waals surface area contributed by atoms with Gasteiger partial charge in [-0.1, -0.05) is 29.8 Å². The molecule has 0 saturated heterocycles. The molecule has 25 heavy (non-hydrogen) atoms. The van der Waals surface area contributed by atoms with Gasteiger partial charge >= 0.3 is 0 Å². The number of aliphatic hydroxyl groups is 1. The normalized spacial score (nSPS) is 12.5. The molecule has 2 aromatic carbocycles. The van der Waals surface area contributed by atoms with Gasteiger partial charge in [0.1, 0.15) is 11.6 Å². The van der Waals surface area contributed by atoms with Crippen LogP contribution in [0.4, 0.5) is 0 Å². The number of hydrogen-bond acceptors (Lipinski definition) is 4. The highest BCUT2D eigenvalue weighted by Gasteiger charge is 2.14. The summed E-state index contributed by atoms with van der Waals surface area (Å²) in [4.78, 5) is 4.68. The Morgan fingerprint density at radius 1 is 1.28 bits per heavy atom. The quantitative estimate of drug-likeness (QED) is 0.677. The first kappa shape index (κ1) is 17.7. The third kappa shape index (κ3) is 3.79. The molecule has 0 aliphatic rings. The summed E-state index contributed by atoms with van der Waals surface area (Å²) < 4.78 is 7.44. The van der Waals surface area contributed by atoms with E-state index in [0.29, 0.717) is 18.1 Å². The topological polar surface area (TPSA) is 59.3 Å². The molecule has 0 saturated carbocycles. The molecule has 0 spiro atoms. The molecule has 6 heteroatoms. The van der Waals surface area contributed by atoms with Crippen LogP contribution < -0.4 is 10.1 Å². The first-order chi connectivity index (χ1) is 12.1. The standard InChI is InChI=1S/C19H22ClN3O2/c1-13(15-5-3-4-6-18(15)25-2)21-12-19-22-16-8-7-14(20)11-17(16)23(19)9-10-24/h3-8,11,13,21,24H,9-10,12H2,1-2H3. The third-order valence-electron chi connectivity index (χ3n) is 4.28. The van der Waals surface area contributed by atoms with Crippen LogP contribution in [0, 0.1) is 0 Å². The van der Waals surface area contributed by atoms with E-state index in [-0.39, 0.29) is 12.6 Å². The summed E-state index contributed by atoms with van der Waals surface area (Å²) in [5.41, 5.74) is 2.90. The van der Waals surface area contributed by atoms with Crippen molar-refractivity contribution in [1.29, 1.82) is 0 Å². The van der Waals surface area contributed by atoms with Crippen LogP contribution in [0.1, 0.15) is 24.4 Å². The van der Waals surface area contributed by atoms with Crippen LogP contribution in [0.25, 0.3) is 11.0 Å². The third-order valence-corrected chi connectivity index (χ3v) is 4.52. The number of methoxy groups -OCH3 is 1. The van der Waals surface area contributed by atoms with E-state index in [2.05, 4.69) is 17.2 Å². The Hall–Kier alpha value is -2.08. The van der Waals surface area contributed by atoms with Gasteiger partial charge in [-0.05, 0) is 31.2 Å². The fraction of sp³-hybridized carbons (Fsp3) is 0.316. The summed E-state index contributed by atoms with van der Waals surface area (Å²) in [5.74, 6) is 1.73. The van der Waals surface area contributed by atoms with Crippen LogP contribution in [-0.2, 0) is 13.1 Å². The van der Waals surface area contributed by atoms with Crippen molar-refractivity contribution >= 4 is 22.6 Å². The Morgan fingerprint density at radius 3 is 2.84 bits per heavy atom. The molecule has 0 amide bonds. The van der Waals surface area contributed by atoms with E-state index in [1.807, 2.05) is 47.0 Å². The fourth-order valence-corrected chi connectivity index (χ4v) is 3.18. The predicted molar refractivity (Wildman–Crippen MR) is 100 cm³/mol. The van der Waals surface area contributed by atoms with Crippen molar-refractivity contribution in [3.8, 4) is 5.75 Å². The number of rotatable bonds is 7. The van der Waals surface area contributed by atoms with Crippen molar-refractivity contribution in [2.45, 2.75) is 26.1 Å². The maximum atomic E-state index is 9.40. The number of fused-ring (bicyclic) bond motifs is 1. The average molecular weight is 360 g/mol. The van der Waals surface area contributed by atoms with E-state index in [9.17, 15) is 5.11 Å². The Bertz CT molecular complexity index is 863. The Labute approximate surface area is 152 Å². The number of aromatic nitrogens is 2. The minimum atomic E-state index is 0.0486. The van der Waals surface area contributed by atoms with E-state index in [0.717, 1.165) is 28.2 Å². The van der Waals surface area contributed by atoms with Gasteiger partial charge in [-0.3, -0.25) is 0 Å². The Morgan fingerprint density at radius 2 is 2.08 bits per heavy atom. The van der Waals surface area contributed by atoms with Gasteiger partial charge in [0.05, 0.1) is 31.3 Å². The number of nitrogens with one attached hydrogen (secondary N) is 1. The number of halogens is 1. The molecule has 2 N–H and O–H groups in total. The highest BCUT2D eigenvalue weighted by Crippen LogP contribution is 2.25. The van der Waals surface area contributed by atoms with Gasteiger partial charge in [0.25, 0.3) is 0 Å². The minimum absolute atomic E-state index is 0.0486. The van der Waals surface area contributed by atoms with Crippen molar-refractivity contribution in [2.75, 3.05) is 13.7 Å². The largest absolute Gasteiger partial charge is 0.496 e. The van der Waals surface area contributed by atoms with Gasteiger partial charge in [-0.15, -0.1) is 0 Å². The number of ether oxygens (including phenoxy) is 1. The molecule has 0 radical (unpaired) electrons. The second-order valence-corrected chi connectivity index (χ2v) is 6.32. The Kier molecular flexibility index (Phi) is 5.58. The van der Waals surface area contributed by atoms with Crippen LogP contribution >= 0.6 is 11.6 Å². The van der Waals surface area contributed by atoms with Crippen LogP contribution in [0.5, 0.6) is 5.75 Å².